The molecule has 106 valence electrons. The molecule has 1 aromatic heterocycles. The molecule has 1 fully saturated rings. The Bertz CT molecular complexity index is 381. The molecule has 0 amide bonds. The van der Waals surface area contributed by atoms with Crippen molar-refractivity contribution in [1.82, 2.24) is 10.6 Å². The van der Waals surface area contributed by atoms with Gasteiger partial charge in [-0.25, -0.2) is 0 Å². The number of hydrogen-bond acceptors (Lipinski definition) is 2. The van der Waals surface area contributed by atoms with Crippen molar-refractivity contribution in [3.8, 4) is 0 Å². The molecule has 1 aliphatic carbocycles. The number of thiophene rings is 1. The predicted molar refractivity (Wildman–Crippen MR) is 87.6 cm³/mol. The highest BCUT2D eigenvalue weighted by Gasteiger charge is 2.19. The summed E-state index contributed by atoms with van der Waals surface area (Å²) < 4.78 is 0. The summed E-state index contributed by atoms with van der Waals surface area (Å²) in [5, 5.41) is 9.94. The largest absolute Gasteiger partial charge is 0.360 e. The van der Waals surface area contributed by atoms with Gasteiger partial charge in [-0.3, -0.25) is 0 Å². The van der Waals surface area contributed by atoms with E-state index in [0.29, 0.717) is 18.0 Å². The molecule has 0 spiro atoms. The van der Waals surface area contributed by atoms with Crippen molar-refractivity contribution in [2.75, 3.05) is 0 Å². The molecule has 1 aromatic rings. The van der Waals surface area contributed by atoms with Gasteiger partial charge in [0.2, 0.25) is 0 Å². The maximum atomic E-state index is 5.49. The first-order chi connectivity index (χ1) is 9.16. The quantitative estimate of drug-likeness (QED) is 0.813. The molecular formula is C15H24N2S2. The van der Waals surface area contributed by atoms with E-state index in [0.717, 1.165) is 5.11 Å². The zero-order valence-electron chi connectivity index (χ0n) is 11.8. The second kappa shape index (κ2) is 7.25. The molecule has 0 bridgehead atoms. The van der Waals surface area contributed by atoms with Gasteiger partial charge in [-0.1, -0.05) is 39.2 Å². The number of thiocarbonyl (C=S) groups is 1. The fourth-order valence-corrected chi connectivity index (χ4v) is 3.89. The summed E-state index contributed by atoms with van der Waals surface area (Å²) in [6, 6.07) is 5.19. The van der Waals surface area contributed by atoms with Crippen LogP contribution in [0, 0.1) is 5.92 Å². The summed E-state index contributed by atoms with van der Waals surface area (Å²) >= 11 is 7.28. The molecule has 2 nitrogen and oxygen atoms in total. The molecule has 0 radical (unpaired) electrons. The van der Waals surface area contributed by atoms with Crippen molar-refractivity contribution < 1.29 is 0 Å². The smallest absolute Gasteiger partial charge is 0.167 e. The van der Waals surface area contributed by atoms with Gasteiger partial charge in [0, 0.05) is 10.9 Å². The Morgan fingerprint density at radius 2 is 2.05 bits per heavy atom. The van der Waals surface area contributed by atoms with E-state index >= 15 is 0 Å². The van der Waals surface area contributed by atoms with Gasteiger partial charge in [-0.15, -0.1) is 11.3 Å². The van der Waals surface area contributed by atoms with Crippen molar-refractivity contribution in [1.29, 1.82) is 0 Å². The Kier molecular flexibility index (Phi) is 5.64. The zero-order valence-corrected chi connectivity index (χ0v) is 13.4. The lowest BCUT2D eigenvalue weighted by atomic mass is 9.96. The molecule has 2 rings (SSSR count). The standard InChI is InChI=1S/C15H24N2S2/c1-11(2)14(13-9-6-10-19-13)17-15(18)16-12-7-4-3-5-8-12/h6,9-12,14H,3-5,7-8H2,1-2H3,(H2,16,17,18). The van der Waals surface area contributed by atoms with E-state index in [4.69, 9.17) is 12.2 Å². The van der Waals surface area contributed by atoms with Crippen molar-refractivity contribution in [3.05, 3.63) is 22.4 Å². The fourth-order valence-electron chi connectivity index (χ4n) is 2.65. The van der Waals surface area contributed by atoms with Crippen LogP contribution in [0.3, 0.4) is 0 Å². The molecule has 0 saturated heterocycles. The normalized spacial score (nSPS) is 18.3. The summed E-state index contributed by atoms with van der Waals surface area (Å²) in [5.74, 6) is 0.532. The van der Waals surface area contributed by atoms with Crippen LogP contribution in [-0.2, 0) is 0 Å². The molecule has 1 saturated carbocycles. The van der Waals surface area contributed by atoms with Crippen LogP contribution in [0.4, 0.5) is 0 Å². The molecule has 2 N–H and O–H groups in total. The molecular weight excluding hydrogens is 272 g/mol. The van der Waals surface area contributed by atoms with Crippen LogP contribution >= 0.6 is 23.6 Å². The Balaban J connectivity index is 1.88. The lowest BCUT2D eigenvalue weighted by Crippen LogP contribution is -2.44. The molecule has 1 heterocycles. The topological polar surface area (TPSA) is 24.1 Å². The minimum Gasteiger partial charge on any atom is -0.360 e. The van der Waals surface area contributed by atoms with E-state index in [-0.39, 0.29) is 0 Å². The molecule has 1 aliphatic rings. The summed E-state index contributed by atoms with van der Waals surface area (Å²) in [5.41, 5.74) is 0. The van der Waals surface area contributed by atoms with Crippen LogP contribution in [0.1, 0.15) is 56.9 Å². The maximum absolute atomic E-state index is 5.49. The van der Waals surface area contributed by atoms with Crippen LogP contribution in [0.2, 0.25) is 0 Å². The first-order valence-electron chi connectivity index (χ1n) is 7.27. The van der Waals surface area contributed by atoms with Gasteiger partial charge in [0.15, 0.2) is 5.11 Å². The van der Waals surface area contributed by atoms with Crippen LogP contribution < -0.4 is 10.6 Å². The van der Waals surface area contributed by atoms with Gasteiger partial charge in [0.25, 0.3) is 0 Å². The van der Waals surface area contributed by atoms with Crippen LogP contribution in [-0.4, -0.2) is 11.2 Å². The van der Waals surface area contributed by atoms with Gasteiger partial charge >= 0.3 is 0 Å². The molecule has 1 unspecified atom stereocenters. The summed E-state index contributed by atoms with van der Waals surface area (Å²) in [4.78, 5) is 1.36. The number of hydrogen-bond donors (Lipinski definition) is 2. The van der Waals surface area contributed by atoms with Gasteiger partial charge in [-0.2, -0.15) is 0 Å². The lowest BCUT2D eigenvalue weighted by Gasteiger charge is -2.28. The average Bonchev–Trinajstić information content (AvgIpc) is 2.90. The van der Waals surface area contributed by atoms with Crippen molar-refractivity contribution in [2.24, 2.45) is 5.92 Å². The highest BCUT2D eigenvalue weighted by molar-refractivity contribution is 7.80. The van der Waals surface area contributed by atoms with E-state index in [1.165, 1.54) is 37.0 Å². The zero-order chi connectivity index (χ0) is 13.7. The van der Waals surface area contributed by atoms with E-state index in [2.05, 4.69) is 42.0 Å². The predicted octanol–water partition coefficient (Wildman–Crippen LogP) is 4.24. The van der Waals surface area contributed by atoms with E-state index in [1.807, 2.05) is 0 Å². The van der Waals surface area contributed by atoms with Crippen LogP contribution in [0.5, 0.6) is 0 Å². The van der Waals surface area contributed by atoms with E-state index in [9.17, 15) is 0 Å². The second-order valence-electron chi connectivity index (χ2n) is 5.69. The highest BCUT2D eigenvalue weighted by atomic mass is 32.1. The first-order valence-corrected chi connectivity index (χ1v) is 8.56. The molecule has 0 aromatic carbocycles. The second-order valence-corrected chi connectivity index (χ2v) is 7.08. The fraction of sp³-hybridized carbons (Fsp3) is 0.667. The molecule has 19 heavy (non-hydrogen) atoms. The summed E-state index contributed by atoms with van der Waals surface area (Å²) in [6.45, 7) is 4.47. The Hall–Kier alpha value is -0.610. The van der Waals surface area contributed by atoms with Gasteiger partial charge in [-0.05, 0) is 42.4 Å². The maximum Gasteiger partial charge on any atom is 0.167 e. The van der Waals surface area contributed by atoms with Gasteiger partial charge in [0.05, 0.1) is 6.04 Å². The third-order valence-electron chi connectivity index (χ3n) is 3.74. The number of nitrogens with one attached hydrogen (secondary N) is 2. The molecule has 0 aliphatic heterocycles. The van der Waals surface area contributed by atoms with Crippen LogP contribution in [0.25, 0.3) is 0 Å². The van der Waals surface area contributed by atoms with Crippen molar-refractivity contribution >= 4 is 28.7 Å². The minimum atomic E-state index is 0.323. The SMILES string of the molecule is CC(C)C(NC(=S)NC1CCCCC1)c1cccs1. The van der Waals surface area contributed by atoms with E-state index < -0.39 is 0 Å². The summed E-state index contributed by atoms with van der Waals surface area (Å²) in [7, 11) is 0. The minimum absolute atomic E-state index is 0.323. The monoisotopic (exact) mass is 296 g/mol. The van der Waals surface area contributed by atoms with Crippen molar-refractivity contribution in [2.45, 2.75) is 58.0 Å². The third-order valence-corrected chi connectivity index (χ3v) is 4.93. The Morgan fingerprint density at radius 1 is 1.32 bits per heavy atom. The molecule has 4 heteroatoms. The van der Waals surface area contributed by atoms with Crippen molar-refractivity contribution in [3.63, 3.8) is 0 Å². The summed E-state index contributed by atoms with van der Waals surface area (Å²) in [6.07, 6.45) is 6.56. The molecule has 1 atom stereocenters. The highest BCUT2D eigenvalue weighted by Crippen LogP contribution is 2.25. The number of rotatable bonds is 4. The average molecular weight is 297 g/mol. The van der Waals surface area contributed by atoms with E-state index in [1.54, 1.807) is 11.3 Å². The third kappa shape index (κ3) is 4.46. The van der Waals surface area contributed by atoms with Gasteiger partial charge < -0.3 is 10.6 Å². The lowest BCUT2D eigenvalue weighted by molar-refractivity contribution is 0.405. The Labute approximate surface area is 126 Å². The first kappa shape index (κ1) is 14.8. The van der Waals surface area contributed by atoms with Crippen LogP contribution in [0.15, 0.2) is 17.5 Å². The Morgan fingerprint density at radius 3 is 2.63 bits per heavy atom. The van der Waals surface area contributed by atoms with Gasteiger partial charge in [0.1, 0.15) is 0 Å².